The van der Waals surface area contributed by atoms with Gasteiger partial charge in [-0.05, 0) is 28.3 Å². The second kappa shape index (κ2) is 6.25. The van der Waals surface area contributed by atoms with Crippen LogP contribution in [0.2, 0.25) is 0 Å². The Morgan fingerprint density at radius 2 is 2.00 bits per heavy atom. The Bertz CT molecular complexity index is 557. The molecule has 0 saturated carbocycles. The van der Waals surface area contributed by atoms with E-state index < -0.39 is 0 Å². The molecular formula is C17H24N2S. The summed E-state index contributed by atoms with van der Waals surface area (Å²) in [6, 6.07) is 9.42. The van der Waals surface area contributed by atoms with Gasteiger partial charge in [-0.1, -0.05) is 38.5 Å². The molecule has 0 bridgehead atoms. The quantitative estimate of drug-likeness (QED) is 0.918. The summed E-state index contributed by atoms with van der Waals surface area (Å²) in [6.07, 6.45) is 1.23. The van der Waals surface area contributed by atoms with Gasteiger partial charge >= 0.3 is 0 Å². The summed E-state index contributed by atoms with van der Waals surface area (Å²) in [7, 11) is 0. The molecule has 1 N–H and O–H groups in total. The van der Waals surface area contributed by atoms with Crippen molar-refractivity contribution in [2.24, 2.45) is 5.92 Å². The maximum Gasteiger partial charge on any atom is 0.0389 e. The van der Waals surface area contributed by atoms with E-state index in [1.54, 1.807) is 5.56 Å². The van der Waals surface area contributed by atoms with Gasteiger partial charge in [-0.3, -0.25) is 4.90 Å². The van der Waals surface area contributed by atoms with E-state index in [0.717, 1.165) is 13.1 Å². The molecule has 1 saturated heterocycles. The molecule has 3 rings (SSSR count). The van der Waals surface area contributed by atoms with Crippen molar-refractivity contribution in [3.8, 4) is 0 Å². The molecule has 2 aromatic rings. The highest BCUT2D eigenvalue weighted by Crippen LogP contribution is 2.38. The molecule has 0 aliphatic carbocycles. The van der Waals surface area contributed by atoms with E-state index in [4.69, 9.17) is 0 Å². The largest absolute Gasteiger partial charge is 0.314 e. The molecule has 0 spiro atoms. The van der Waals surface area contributed by atoms with Gasteiger partial charge in [0.2, 0.25) is 0 Å². The molecule has 3 heteroatoms. The monoisotopic (exact) mass is 288 g/mol. The second-order valence-corrected chi connectivity index (χ2v) is 6.71. The lowest BCUT2D eigenvalue weighted by Gasteiger charge is -2.38. The average Bonchev–Trinajstić information content (AvgIpc) is 2.92. The van der Waals surface area contributed by atoms with Crippen LogP contribution in [0.25, 0.3) is 10.1 Å². The van der Waals surface area contributed by atoms with Crippen LogP contribution in [0, 0.1) is 5.92 Å². The molecule has 1 unspecified atom stereocenters. The fraction of sp³-hybridized carbons (Fsp3) is 0.529. The molecule has 1 aliphatic heterocycles. The minimum Gasteiger partial charge on any atom is -0.314 e. The molecule has 1 aromatic carbocycles. The molecule has 108 valence electrons. The lowest BCUT2D eigenvalue weighted by Crippen LogP contribution is -2.46. The average molecular weight is 288 g/mol. The summed E-state index contributed by atoms with van der Waals surface area (Å²) < 4.78 is 1.42. The van der Waals surface area contributed by atoms with Crippen LogP contribution in [-0.2, 0) is 0 Å². The van der Waals surface area contributed by atoms with Crippen LogP contribution in [0.15, 0.2) is 29.6 Å². The van der Waals surface area contributed by atoms with Crippen molar-refractivity contribution >= 4 is 21.4 Å². The number of benzene rings is 1. The summed E-state index contributed by atoms with van der Waals surface area (Å²) in [6.45, 7) is 9.29. The molecule has 0 amide bonds. The summed E-state index contributed by atoms with van der Waals surface area (Å²) in [5.41, 5.74) is 1.54. The Morgan fingerprint density at radius 1 is 1.25 bits per heavy atom. The van der Waals surface area contributed by atoms with Gasteiger partial charge in [0.1, 0.15) is 0 Å². The Morgan fingerprint density at radius 3 is 2.75 bits per heavy atom. The molecule has 20 heavy (non-hydrogen) atoms. The third kappa shape index (κ3) is 2.62. The predicted molar refractivity (Wildman–Crippen MR) is 88.5 cm³/mol. The molecule has 2 atom stereocenters. The van der Waals surface area contributed by atoms with Gasteiger partial charge in [-0.2, -0.15) is 0 Å². The predicted octanol–water partition coefficient (Wildman–Crippen LogP) is 3.89. The number of rotatable bonds is 4. The first-order valence-corrected chi connectivity index (χ1v) is 8.60. The third-order valence-electron chi connectivity index (χ3n) is 4.56. The summed E-state index contributed by atoms with van der Waals surface area (Å²) in [5, 5.41) is 7.32. The standard InChI is InChI=1S/C17H24N2S/c1-3-13(2)17(19-10-8-18-9-11-19)15-12-20-16-7-5-4-6-14(15)16/h4-7,12-13,17-18H,3,8-11H2,1-2H3/t13?,17-/m1/s1. The fourth-order valence-electron chi connectivity index (χ4n) is 3.27. The normalized spacial score (nSPS) is 20.1. The van der Waals surface area contributed by atoms with Crippen LogP contribution in [0.4, 0.5) is 0 Å². The number of nitrogens with one attached hydrogen (secondary N) is 1. The van der Waals surface area contributed by atoms with Gasteiger partial charge < -0.3 is 5.32 Å². The van der Waals surface area contributed by atoms with Crippen LogP contribution in [0.5, 0.6) is 0 Å². The molecule has 2 nitrogen and oxygen atoms in total. The Kier molecular flexibility index (Phi) is 4.39. The van der Waals surface area contributed by atoms with Crippen molar-refractivity contribution in [1.29, 1.82) is 0 Å². The van der Waals surface area contributed by atoms with Crippen molar-refractivity contribution < 1.29 is 0 Å². The van der Waals surface area contributed by atoms with E-state index in [0.29, 0.717) is 12.0 Å². The number of nitrogens with zero attached hydrogens (tertiary/aromatic N) is 1. The van der Waals surface area contributed by atoms with E-state index in [1.165, 1.54) is 29.6 Å². The first-order valence-electron chi connectivity index (χ1n) is 7.72. The van der Waals surface area contributed by atoms with Crippen LogP contribution < -0.4 is 5.32 Å². The molecule has 1 aromatic heterocycles. The van der Waals surface area contributed by atoms with Crippen LogP contribution in [-0.4, -0.2) is 31.1 Å². The van der Waals surface area contributed by atoms with Gasteiger partial charge in [0.05, 0.1) is 0 Å². The van der Waals surface area contributed by atoms with E-state index in [9.17, 15) is 0 Å². The Balaban J connectivity index is 1.99. The lowest BCUT2D eigenvalue weighted by atomic mass is 9.90. The van der Waals surface area contributed by atoms with Gasteiger partial charge in [-0.15, -0.1) is 11.3 Å². The molecule has 1 fully saturated rings. The van der Waals surface area contributed by atoms with E-state index in [2.05, 4.69) is 53.7 Å². The van der Waals surface area contributed by atoms with Crippen molar-refractivity contribution in [2.75, 3.05) is 26.2 Å². The van der Waals surface area contributed by atoms with Crippen molar-refractivity contribution in [1.82, 2.24) is 10.2 Å². The summed E-state index contributed by atoms with van der Waals surface area (Å²) >= 11 is 1.89. The van der Waals surface area contributed by atoms with E-state index in [1.807, 2.05) is 11.3 Å². The number of thiophene rings is 1. The SMILES string of the molecule is CCC(C)[C@H](c1csc2ccccc12)N1CCNCC1. The minimum atomic E-state index is 0.568. The Labute approximate surface area is 125 Å². The highest BCUT2D eigenvalue weighted by molar-refractivity contribution is 7.17. The van der Waals surface area contributed by atoms with Gasteiger partial charge in [-0.25, -0.2) is 0 Å². The van der Waals surface area contributed by atoms with Gasteiger partial charge in [0, 0.05) is 36.9 Å². The van der Waals surface area contributed by atoms with Crippen molar-refractivity contribution in [3.05, 3.63) is 35.2 Å². The minimum absolute atomic E-state index is 0.568. The van der Waals surface area contributed by atoms with E-state index >= 15 is 0 Å². The van der Waals surface area contributed by atoms with Crippen molar-refractivity contribution in [2.45, 2.75) is 26.3 Å². The maximum absolute atomic E-state index is 3.47. The van der Waals surface area contributed by atoms with Crippen LogP contribution >= 0.6 is 11.3 Å². The highest BCUT2D eigenvalue weighted by atomic mass is 32.1. The van der Waals surface area contributed by atoms with E-state index in [-0.39, 0.29) is 0 Å². The first-order chi connectivity index (χ1) is 9.81. The van der Waals surface area contributed by atoms with Crippen LogP contribution in [0.1, 0.15) is 31.9 Å². The summed E-state index contributed by atoms with van der Waals surface area (Å²) in [5.74, 6) is 0.700. The third-order valence-corrected chi connectivity index (χ3v) is 5.54. The number of hydrogen-bond acceptors (Lipinski definition) is 3. The second-order valence-electron chi connectivity index (χ2n) is 5.80. The maximum atomic E-state index is 3.47. The Hall–Kier alpha value is -0.900. The first kappa shape index (κ1) is 14.1. The highest BCUT2D eigenvalue weighted by Gasteiger charge is 2.28. The zero-order chi connectivity index (χ0) is 13.9. The summed E-state index contributed by atoms with van der Waals surface area (Å²) in [4.78, 5) is 2.68. The number of piperazine rings is 1. The van der Waals surface area contributed by atoms with Crippen molar-refractivity contribution in [3.63, 3.8) is 0 Å². The molecule has 1 aliphatic rings. The molecule has 2 heterocycles. The van der Waals surface area contributed by atoms with Gasteiger partial charge in [0.15, 0.2) is 0 Å². The lowest BCUT2D eigenvalue weighted by molar-refractivity contribution is 0.130. The topological polar surface area (TPSA) is 15.3 Å². The number of fused-ring (bicyclic) bond motifs is 1. The zero-order valence-corrected chi connectivity index (χ0v) is 13.2. The molecular weight excluding hydrogens is 264 g/mol. The van der Waals surface area contributed by atoms with Gasteiger partial charge in [0.25, 0.3) is 0 Å². The fourth-order valence-corrected chi connectivity index (χ4v) is 4.26. The smallest absolute Gasteiger partial charge is 0.0389 e. The van der Waals surface area contributed by atoms with Crippen LogP contribution in [0.3, 0.4) is 0 Å². The molecule has 0 radical (unpaired) electrons. The number of hydrogen-bond donors (Lipinski definition) is 1. The zero-order valence-electron chi connectivity index (χ0n) is 12.4.